The quantitative estimate of drug-likeness (QED) is 0.472. The molecule has 0 saturated heterocycles. The average Bonchev–Trinajstić information content (AvgIpc) is 2.12. The number of carbonyl (C=O) groups excluding carboxylic acids is 1. The molecule has 0 spiro atoms. The molecule has 3 nitrogen and oxygen atoms in total. The highest BCUT2D eigenvalue weighted by molar-refractivity contribution is 6.29. The van der Waals surface area contributed by atoms with E-state index in [-0.39, 0.29) is 11.9 Å². The van der Waals surface area contributed by atoms with Crippen molar-refractivity contribution in [3.05, 3.63) is 28.5 Å². The Morgan fingerprint density at radius 3 is 3.15 bits per heavy atom. The molecule has 2 rings (SSSR count). The summed E-state index contributed by atoms with van der Waals surface area (Å²) in [6, 6.07) is 3.25. The summed E-state index contributed by atoms with van der Waals surface area (Å²) >= 11 is 5.73. The van der Waals surface area contributed by atoms with Gasteiger partial charge in [0.1, 0.15) is 5.15 Å². The number of rotatable bonds is 0. The maximum absolute atomic E-state index is 11.2. The number of nitrogens with zero attached hydrogens (tertiary/aromatic N) is 1. The van der Waals surface area contributed by atoms with E-state index in [2.05, 4.69) is 4.98 Å². The lowest BCUT2D eigenvalue weighted by atomic mass is 10.0. The van der Waals surface area contributed by atoms with Gasteiger partial charge in [-0.05, 0) is 12.1 Å². The highest BCUT2D eigenvalue weighted by Gasteiger charge is 2.25. The maximum Gasteiger partial charge on any atom is 0.340 e. The Balaban J connectivity index is 2.57. The minimum atomic E-state index is -0.308. The first kappa shape index (κ1) is 8.51. The fraction of sp³-hybridized carbons (Fsp3) is 0.333. The van der Waals surface area contributed by atoms with E-state index in [4.69, 9.17) is 16.3 Å². The van der Waals surface area contributed by atoms with Crippen LogP contribution in [0.3, 0.4) is 0 Å². The number of pyridine rings is 1. The summed E-state index contributed by atoms with van der Waals surface area (Å²) in [5.41, 5.74) is 1.27. The Labute approximate surface area is 80.7 Å². The van der Waals surface area contributed by atoms with Gasteiger partial charge in [-0.25, -0.2) is 9.78 Å². The largest absolute Gasteiger partial charge is 0.461 e. The van der Waals surface area contributed by atoms with Crippen molar-refractivity contribution in [3.63, 3.8) is 0 Å². The molecule has 13 heavy (non-hydrogen) atoms. The van der Waals surface area contributed by atoms with Crippen LogP contribution in [0.5, 0.6) is 0 Å². The molecule has 0 radical (unpaired) electrons. The van der Waals surface area contributed by atoms with Crippen molar-refractivity contribution >= 4 is 17.6 Å². The zero-order valence-corrected chi connectivity index (χ0v) is 7.84. The van der Waals surface area contributed by atoms with E-state index >= 15 is 0 Å². The summed E-state index contributed by atoms with van der Waals surface area (Å²) in [7, 11) is 0. The van der Waals surface area contributed by atoms with Gasteiger partial charge in [-0.2, -0.15) is 0 Å². The molecule has 1 aliphatic rings. The third-order valence-corrected chi connectivity index (χ3v) is 2.25. The Bertz CT molecular complexity index is 365. The van der Waals surface area contributed by atoms with Gasteiger partial charge in [-0.3, -0.25) is 0 Å². The standard InChI is InChI=1S/C9H8ClNO2/c1-5-4-13-9(12)6-2-3-7(10)11-8(5)6/h2-3,5H,4H2,1H3. The van der Waals surface area contributed by atoms with Crippen LogP contribution in [0, 0.1) is 0 Å². The van der Waals surface area contributed by atoms with Crippen molar-refractivity contribution in [1.82, 2.24) is 4.98 Å². The van der Waals surface area contributed by atoms with E-state index in [1.54, 1.807) is 12.1 Å². The average molecular weight is 198 g/mol. The van der Waals surface area contributed by atoms with Gasteiger partial charge in [0.05, 0.1) is 17.9 Å². The molecule has 0 fully saturated rings. The molecule has 0 N–H and O–H groups in total. The summed E-state index contributed by atoms with van der Waals surface area (Å²) in [4.78, 5) is 15.3. The van der Waals surface area contributed by atoms with Crippen molar-refractivity contribution in [3.8, 4) is 0 Å². The second kappa shape index (κ2) is 3.00. The van der Waals surface area contributed by atoms with E-state index in [0.29, 0.717) is 17.3 Å². The van der Waals surface area contributed by atoms with Gasteiger partial charge in [0.15, 0.2) is 0 Å². The molecule has 68 valence electrons. The first-order chi connectivity index (χ1) is 6.18. The number of hydrogen-bond acceptors (Lipinski definition) is 3. The second-order valence-corrected chi connectivity index (χ2v) is 3.45. The minimum Gasteiger partial charge on any atom is -0.461 e. The van der Waals surface area contributed by atoms with Crippen LogP contribution in [0.1, 0.15) is 28.9 Å². The van der Waals surface area contributed by atoms with Crippen molar-refractivity contribution in [2.24, 2.45) is 0 Å². The lowest BCUT2D eigenvalue weighted by molar-refractivity contribution is 0.0445. The first-order valence-electron chi connectivity index (χ1n) is 4.02. The molecule has 2 heterocycles. The number of aromatic nitrogens is 1. The van der Waals surface area contributed by atoms with Crippen LogP contribution in [0.2, 0.25) is 5.15 Å². The number of fused-ring (bicyclic) bond motifs is 1. The fourth-order valence-corrected chi connectivity index (χ4v) is 1.51. The maximum atomic E-state index is 11.2. The molecule has 0 aliphatic carbocycles. The molecule has 0 bridgehead atoms. The summed E-state index contributed by atoms with van der Waals surface area (Å²) < 4.78 is 4.93. The van der Waals surface area contributed by atoms with E-state index in [1.807, 2.05) is 6.92 Å². The fourth-order valence-electron chi connectivity index (χ4n) is 1.36. The summed E-state index contributed by atoms with van der Waals surface area (Å²) in [6.07, 6.45) is 0. The highest BCUT2D eigenvalue weighted by Crippen LogP contribution is 2.25. The van der Waals surface area contributed by atoms with Gasteiger partial charge in [-0.1, -0.05) is 18.5 Å². The van der Waals surface area contributed by atoms with Crippen molar-refractivity contribution in [2.45, 2.75) is 12.8 Å². The van der Waals surface area contributed by atoms with Crippen molar-refractivity contribution in [2.75, 3.05) is 6.61 Å². The van der Waals surface area contributed by atoms with Crippen molar-refractivity contribution in [1.29, 1.82) is 0 Å². The number of carbonyl (C=O) groups is 1. The van der Waals surface area contributed by atoms with Gasteiger partial charge in [-0.15, -0.1) is 0 Å². The highest BCUT2D eigenvalue weighted by atomic mass is 35.5. The van der Waals surface area contributed by atoms with Crippen molar-refractivity contribution < 1.29 is 9.53 Å². The van der Waals surface area contributed by atoms with Crippen LogP contribution in [0.25, 0.3) is 0 Å². The molecular weight excluding hydrogens is 190 g/mol. The molecule has 1 unspecified atom stereocenters. The lowest BCUT2D eigenvalue weighted by Crippen LogP contribution is -2.22. The van der Waals surface area contributed by atoms with E-state index < -0.39 is 0 Å². The lowest BCUT2D eigenvalue weighted by Gasteiger charge is -2.20. The molecule has 1 aliphatic heterocycles. The van der Waals surface area contributed by atoms with Crippen LogP contribution < -0.4 is 0 Å². The van der Waals surface area contributed by atoms with Gasteiger partial charge in [0, 0.05) is 5.92 Å². The summed E-state index contributed by atoms with van der Waals surface area (Å²) in [6.45, 7) is 2.34. The Kier molecular flexibility index (Phi) is 1.96. The van der Waals surface area contributed by atoms with Gasteiger partial charge < -0.3 is 4.74 Å². The van der Waals surface area contributed by atoms with Gasteiger partial charge in [0.2, 0.25) is 0 Å². The minimum absolute atomic E-state index is 0.131. The van der Waals surface area contributed by atoms with Crippen LogP contribution in [0.15, 0.2) is 12.1 Å². The first-order valence-corrected chi connectivity index (χ1v) is 4.40. The molecular formula is C9H8ClNO2. The number of ether oxygens (including phenoxy) is 1. The monoisotopic (exact) mass is 197 g/mol. The summed E-state index contributed by atoms with van der Waals surface area (Å²) in [5.74, 6) is -0.177. The molecule has 1 aromatic rings. The normalized spacial score (nSPS) is 20.8. The molecule has 1 atom stereocenters. The van der Waals surface area contributed by atoms with Crippen LogP contribution in [0.4, 0.5) is 0 Å². The Hall–Kier alpha value is -1.09. The third-order valence-electron chi connectivity index (χ3n) is 2.04. The van der Waals surface area contributed by atoms with Crippen LogP contribution >= 0.6 is 11.6 Å². The van der Waals surface area contributed by atoms with E-state index in [9.17, 15) is 4.79 Å². The number of halogens is 1. The number of hydrogen-bond donors (Lipinski definition) is 0. The SMILES string of the molecule is CC1COC(=O)c2ccc(Cl)nc21. The van der Waals surface area contributed by atoms with E-state index in [0.717, 1.165) is 5.69 Å². The smallest absolute Gasteiger partial charge is 0.340 e. The topological polar surface area (TPSA) is 39.2 Å². The number of esters is 1. The predicted molar refractivity (Wildman–Crippen MR) is 47.9 cm³/mol. The predicted octanol–water partition coefficient (Wildman–Crippen LogP) is 2.01. The number of cyclic esters (lactones) is 1. The van der Waals surface area contributed by atoms with E-state index in [1.165, 1.54) is 0 Å². The Morgan fingerprint density at radius 1 is 1.62 bits per heavy atom. The van der Waals surface area contributed by atoms with Gasteiger partial charge in [0.25, 0.3) is 0 Å². The molecule has 0 amide bonds. The molecule has 0 aromatic carbocycles. The second-order valence-electron chi connectivity index (χ2n) is 3.07. The zero-order chi connectivity index (χ0) is 9.42. The molecule has 0 saturated carbocycles. The molecule has 4 heteroatoms. The summed E-state index contributed by atoms with van der Waals surface area (Å²) in [5, 5.41) is 0.417. The zero-order valence-electron chi connectivity index (χ0n) is 7.08. The van der Waals surface area contributed by atoms with Crippen LogP contribution in [-0.2, 0) is 4.74 Å². The van der Waals surface area contributed by atoms with Gasteiger partial charge >= 0.3 is 5.97 Å². The van der Waals surface area contributed by atoms with Crippen LogP contribution in [-0.4, -0.2) is 17.6 Å². The molecule has 1 aromatic heterocycles. The Morgan fingerprint density at radius 2 is 2.38 bits per heavy atom. The third kappa shape index (κ3) is 1.40.